The average Bonchev–Trinajstić information content (AvgIpc) is 2.41. The van der Waals surface area contributed by atoms with Gasteiger partial charge in [-0.05, 0) is 50.6 Å². The number of benzene rings is 1. The van der Waals surface area contributed by atoms with Crippen LogP contribution < -0.4 is 10.1 Å². The predicted molar refractivity (Wildman–Crippen MR) is 79.7 cm³/mol. The van der Waals surface area contributed by atoms with Crippen molar-refractivity contribution in [3.63, 3.8) is 0 Å². The fourth-order valence-corrected chi connectivity index (χ4v) is 3.01. The second kappa shape index (κ2) is 6.92. The quantitative estimate of drug-likeness (QED) is 0.882. The molecule has 0 bridgehead atoms. The maximum absolute atomic E-state index is 5.33. The molecule has 0 amide bonds. The van der Waals surface area contributed by atoms with Gasteiger partial charge in [-0.15, -0.1) is 0 Å². The normalized spacial score (nSPS) is 20.5. The van der Waals surface area contributed by atoms with E-state index in [1.54, 1.807) is 7.11 Å². The van der Waals surface area contributed by atoms with E-state index in [0.29, 0.717) is 6.04 Å². The van der Waals surface area contributed by atoms with Gasteiger partial charge in [-0.3, -0.25) is 4.90 Å². The number of ether oxygens (including phenoxy) is 1. The molecule has 0 aromatic heterocycles. The highest BCUT2D eigenvalue weighted by molar-refractivity contribution is 5.36. The third-order valence-corrected chi connectivity index (χ3v) is 4.03. The summed E-state index contributed by atoms with van der Waals surface area (Å²) < 4.78 is 5.33. The van der Waals surface area contributed by atoms with Crippen molar-refractivity contribution in [1.82, 2.24) is 10.2 Å². The summed E-state index contributed by atoms with van der Waals surface area (Å²) in [5.74, 6) is 0.981. The number of nitrogens with zero attached hydrogens (tertiary/aromatic N) is 1. The van der Waals surface area contributed by atoms with Gasteiger partial charge in [0.1, 0.15) is 5.75 Å². The van der Waals surface area contributed by atoms with E-state index in [4.69, 9.17) is 4.74 Å². The second-order valence-corrected chi connectivity index (χ2v) is 5.48. The van der Waals surface area contributed by atoms with E-state index < -0.39 is 0 Å². The van der Waals surface area contributed by atoms with Crippen LogP contribution in [0.3, 0.4) is 0 Å². The molecule has 19 heavy (non-hydrogen) atoms. The third kappa shape index (κ3) is 3.71. The molecule has 1 fully saturated rings. The number of methoxy groups -OCH3 is 1. The van der Waals surface area contributed by atoms with E-state index in [2.05, 4.69) is 35.3 Å². The van der Waals surface area contributed by atoms with E-state index in [1.807, 2.05) is 7.05 Å². The van der Waals surface area contributed by atoms with Gasteiger partial charge < -0.3 is 10.1 Å². The van der Waals surface area contributed by atoms with Gasteiger partial charge in [0.05, 0.1) is 7.11 Å². The Morgan fingerprint density at radius 1 is 1.37 bits per heavy atom. The zero-order valence-electron chi connectivity index (χ0n) is 12.4. The van der Waals surface area contributed by atoms with Crippen LogP contribution >= 0.6 is 0 Å². The molecule has 0 aliphatic carbocycles. The first kappa shape index (κ1) is 14.4. The van der Waals surface area contributed by atoms with Crippen LogP contribution in [0.2, 0.25) is 0 Å². The topological polar surface area (TPSA) is 24.5 Å². The maximum Gasteiger partial charge on any atom is 0.121 e. The standard InChI is InChI=1S/C16H26N2O/c1-13-10-14(7-8-16(13)19-3)12-18-9-5-4-6-15(18)11-17-2/h7-8,10,15,17H,4-6,9,11-12H2,1-3H3. The Bertz CT molecular complexity index is 404. The summed E-state index contributed by atoms with van der Waals surface area (Å²) in [6.07, 6.45) is 4.01. The summed E-state index contributed by atoms with van der Waals surface area (Å²) in [6, 6.07) is 7.21. The molecule has 1 unspecified atom stereocenters. The zero-order valence-corrected chi connectivity index (χ0v) is 12.4. The summed E-state index contributed by atoms with van der Waals surface area (Å²) in [4.78, 5) is 2.61. The molecule has 3 nitrogen and oxygen atoms in total. The molecule has 0 radical (unpaired) electrons. The monoisotopic (exact) mass is 262 g/mol. The van der Waals surface area contributed by atoms with Crippen LogP contribution in [-0.4, -0.2) is 38.2 Å². The van der Waals surface area contributed by atoms with Gasteiger partial charge >= 0.3 is 0 Å². The van der Waals surface area contributed by atoms with Gasteiger partial charge in [0.25, 0.3) is 0 Å². The number of aryl methyl sites for hydroxylation is 1. The largest absolute Gasteiger partial charge is 0.496 e. The van der Waals surface area contributed by atoms with Crippen LogP contribution in [0.5, 0.6) is 5.75 Å². The van der Waals surface area contributed by atoms with Crippen LogP contribution in [0.25, 0.3) is 0 Å². The lowest BCUT2D eigenvalue weighted by Crippen LogP contribution is -2.44. The van der Waals surface area contributed by atoms with E-state index in [-0.39, 0.29) is 0 Å². The van der Waals surface area contributed by atoms with Crippen LogP contribution in [0.4, 0.5) is 0 Å². The molecule has 0 spiro atoms. The van der Waals surface area contributed by atoms with Crippen LogP contribution in [0, 0.1) is 6.92 Å². The molecule has 1 aromatic rings. The van der Waals surface area contributed by atoms with Crippen molar-refractivity contribution >= 4 is 0 Å². The van der Waals surface area contributed by atoms with Gasteiger partial charge in [0, 0.05) is 19.1 Å². The first-order valence-corrected chi connectivity index (χ1v) is 7.26. The van der Waals surface area contributed by atoms with Gasteiger partial charge in [-0.2, -0.15) is 0 Å². The Balaban J connectivity index is 2.04. The lowest BCUT2D eigenvalue weighted by atomic mass is 10.0. The Morgan fingerprint density at radius 3 is 2.89 bits per heavy atom. The maximum atomic E-state index is 5.33. The van der Waals surface area contributed by atoms with E-state index in [1.165, 1.54) is 36.9 Å². The predicted octanol–water partition coefficient (Wildman–Crippen LogP) is 2.58. The molecule has 1 aromatic carbocycles. The van der Waals surface area contributed by atoms with Gasteiger partial charge in [-0.1, -0.05) is 18.6 Å². The minimum absolute atomic E-state index is 0.682. The number of likely N-dealkylation sites (tertiary alicyclic amines) is 1. The molecule has 1 aliphatic rings. The van der Waals surface area contributed by atoms with Crippen molar-refractivity contribution in [1.29, 1.82) is 0 Å². The van der Waals surface area contributed by atoms with Gasteiger partial charge in [0.15, 0.2) is 0 Å². The molecule has 2 rings (SSSR count). The number of hydrogen-bond donors (Lipinski definition) is 1. The SMILES string of the molecule is CNCC1CCCCN1Cc1ccc(OC)c(C)c1. The summed E-state index contributed by atoms with van der Waals surface area (Å²) in [5.41, 5.74) is 2.61. The van der Waals surface area contributed by atoms with Crippen molar-refractivity contribution in [3.8, 4) is 5.75 Å². The van der Waals surface area contributed by atoms with Crippen LogP contribution in [0.1, 0.15) is 30.4 Å². The van der Waals surface area contributed by atoms with E-state index in [0.717, 1.165) is 18.8 Å². The van der Waals surface area contributed by atoms with E-state index in [9.17, 15) is 0 Å². The molecule has 1 heterocycles. The fourth-order valence-electron chi connectivity index (χ4n) is 3.01. The Labute approximate surface area is 116 Å². The molecule has 1 aliphatic heterocycles. The number of likely N-dealkylation sites (N-methyl/N-ethyl adjacent to an activating group) is 1. The smallest absolute Gasteiger partial charge is 0.121 e. The molecular formula is C16H26N2O. The zero-order chi connectivity index (χ0) is 13.7. The minimum atomic E-state index is 0.682. The molecule has 1 saturated heterocycles. The molecule has 1 N–H and O–H groups in total. The van der Waals surface area contributed by atoms with Crippen molar-refractivity contribution < 1.29 is 4.74 Å². The van der Waals surface area contributed by atoms with Crippen LogP contribution in [-0.2, 0) is 6.54 Å². The Morgan fingerprint density at radius 2 is 2.21 bits per heavy atom. The first-order chi connectivity index (χ1) is 9.24. The van der Waals surface area contributed by atoms with Crippen molar-refractivity contribution in [2.75, 3.05) is 27.2 Å². The second-order valence-electron chi connectivity index (χ2n) is 5.48. The molecule has 106 valence electrons. The van der Waals surface area contributed by atoms with E-state index >= 15 is 0 Å². The number of hydrogen-bond acceptors (Lipinski definition) is 3. The average molecular weight is 262 g/mol. The summed E-state index contributed by atoms with van der Waals surface area (Å²) >= 11 is 0. The van der Waals surface area contributed by atoms with Crippen molar-refractivity contribution in [3.05, 3.63) is 29.3 Å². The number of nitrogens with one attached hydrogen (secondary N) is 1. The Hall–Kier alpha value is -1.06. The summed E-state index contributed by atoms with van der Waals surface area (Å²) in [5, 5.41) is 3.32. The van der Waals surface area contributed by atoms with Gasteiger partial charge in [0.2, 0.25) is 0 Å². The highest BCUT2D eigenvalue weighted by Crippen LogP contribution is 2.23. The molecule has 0 saturated carbocycles. The van der Waals surface area contributed by atoms with Crippen molar-refractivity contribution in [2.24, 2.45) is 0 Å². The number of piperidine rings is 1. The highest BCUT2D eigenvalue weighted by Gasteiger charge is 2.21. The number of rotatable bonds is 5. The minimum Gasteiger partial charge on any atom is -0.496 e. The highest BCUT2D eigenvalue weighted by atomic mass is 16.5. The third-order valence-electron chi connectivity index (χ3n) is 4.03. The fraction of sp³-hybridized carbons (Fsp3) is 0.625. The lowest BCUT2D eigenvalue weighted by molar-refractivity contribution is 0.139. The van der Waals surface area contributed by atoms with Crippen LogP contribution in [0.15, 0.2) is 18.2 Å². The van der Waals surface area contributed by atoms with Crippen molar-refractivity contribution in [2.45, 2.75) is 38.8 Å². The molecular weight excluding hydrogens is 236 g/mol. The lowest BCUT2D eigenvalue weighted by Gasteiger charge is -2.35. The van der Waals surface area contributed by atoms with Gasteiger partial charge in [-0.25, -0.2) is 0 Å². The Kier molecular flexibility index (Phi) is 5.23. The molecule has 3 heteroatoms. The first-order valence-electron chi connectivity index (χ1n) is 7.26. The summed E-state index contributed by atoms with van der Waals surface area (Å²) in [7, 11) is 3.78. The molecule has 1 atom stereocenters. The summed E-state index contributed by atoms with van der Waals surface area (Å²) in [6.45, 7) is 5.48.